The number of hydrogen-bond donors (Lipinski definition) is 1. The molecule has 1 N–H and O–H groups in total. The number of hydrogen-bond acceptors (Lipinski definition) is 6. The molecule has 170 valence electrons. The van der Waals surface area contributed by atoms with Crippen molar-refractivity contribution in [1.82, 2.24) is 19.9 Å². The Labute approximate surface area is 192 Å². The fraction of sp³-hybridized carbons (Fsp3) is 0.227. The second-order valence-electron chi connectivity index (χ2n) is 7.25. The Hall–Kier alpha value is -3.66. The van der Waals surface area contributed by atoms with Gasteiger partial charge in [0, 0.05) is 35.9 Å². The van der Waals surface area contributed by atoms with Gasteiger partial charge in [-0.3, -0.25) is 14.6 Å². The molecule has 0 saturated heterocycles. The van der Waals surface area contributed by atoms with E-state index in [0.29, 0.717) is 22.3 Å². The molecule has 1 atom stereocenters. The van der Waals surface area contributed by atoms with E-state index in [1.165, 1.54) is 24.7 Å². The number of nitrogens with zero attached hydrogens (tertiary/aromatic N) is 4. The molecule has 1 aliphatic heterocycles. The predicted molar refractivity (Wildman–Crippen MR) is 115 cm³/mol. The minimum atomic E-state index is -2.65. The molecular formula is C22H18ClF2N5O3. The number of alkyl halides is 2. The lowest BCUT2D eigenvalue weighted by atomic mass is 10.1. The Morgan fingerprint density at radius 1 is 1.27 bits per heavy atom. The highest BCUT2D eigenvalue weighted by Crippen LogP contribution is 2.35. The Balaban J connectivity index is 1.53. The monoisotopic (exact) mass is 473 g/mol. The summed E-state index contributed by atoms with van der Waals surface area (Å²) in [5.41, 5.74) is 1.97. The van der Waals surface area contributed by atoms with E-state index in [1.807, 2.05) is 0 Å². The average Bonchev–Trinajstić information content (AvgIpc) is 3.15. The number of nitrogens with one attached hydrogen (secondary N) is 1. The van der Waals surface area contributed by atoms with Gasteiger partial charge in [0.1, 0.15) is 10.8 Å². The summed E-state index contributed by atoms with van der Waals surface area (Å²) in [6.07, 6.45) is 3.23. The molecule has 0 saturated carbocycles. The molecule has 8 nitrogen and oxygen atoms in total. The highest BCUT2D eigenvalue weighted by molar-refractivity contribution is 6.31. The first-order valence-electron chi connectivity index (χ1n) is 9.91. The van der Waals surface area contributed by atoms with Gasteiger partial charge in [0.15, 0.2) is 6.61 Å². The first kappa shape index (κ1) is 22.5. The number of carbonyl (C=O) groups excluding carboxylic acids is 2. The summed E-state index contributed by atoms with van der Waals surface area (Å²) in [5, 5.41) is 2.80. The van der Waals surface area contributed by atoms with Crippen LogP contribution in [0.3, 0.4) is 0 Å². The Morgan fingerprint density at radius 2 is 2.09 bits per heavy atom. The minimum Gasteiger partial charge on any atom is -0.471 e. The summed E-state index contributed by atoms with van der Waals surface area (Å²) in [4.78, 5) is 39.3. The number of halogens is 3. The van der Waals surface area contributed by atoms with Gasteiger partial charge < -0.3 is 15.0 Å². The normalized spacial score (nSPS) is 13.7. The Bertz CT molecular complexity index is 1200. The van der Waals surface area contributed by atoms with Crippen LogP contribution in [-0.4, -0.2) is 44.7 Å². The lowest BCUT2D eigenvalue weighted by Gasteiger charge is -2.24. The van der Waals surface area contributed by atoms with E-state index < -0.39 is 25.0 Å². The van der Waals surface area contributed by atoms with Crippen LogP contribution in [0.25, 0.3) is 0 Å². The quantitative estimate of drug-likeness (QED) is 0.554. The van der Waals surface area contributed by atoms with Crippen LogP contribution in [0.2, 0.25) is 5.02 Å². The molecule has 1 unspecified atom stereocenters. The molecule has 3 aromatic heterocycles. The first-order chi connectivity index (χ1) is 15.8. The Kier molecular flexibility index (Phi) is 6.45. The van der Waals surface area contributed by atoms with E-state index in [0.717, 1.165) is 0 Å². The zero-order valence-corrected chi connectivity index (χ0v) is 18.1. The van der Waals surface area contributed by atoms with Crippen LogP contribution in [0.1, 0.15) is 44.8 Å². The van der Waals surface area contributed by atoms with Gasteiger partial charge in [-0.1, -0.05) is 11.6 Å². The molecule has 0 spiro atoms. The van der Waals surface area contributed by atoms with Gasteiger partial charge in [0.05, 0.1) is 18.2 Å². The maximum Gasteiger partial charge on any atom is 0.272 e. The topological polar surface area (TPSA) is 97.3 Å². The van der Waals surface area contributed by atoms with Crippen LogP contribution in [-0.2, 0) is 6.54 Å². The van der Waals surface area contributed by atoms with Crippen molar-refractivity contribution in [3.63, 3.8) is 0 Å². The summed E-state index contributed by atoms with van der Waals surface area (Å²) in [6.45, 7) is 1.17. The average molecular weight is 474 g/mol. The highest BCUT2D eigenvalue weighted by atomic mass is 35.5. The van der Waals surface area contributed by atoms with Gasteiger partial charge in [-0.25, -0.2) is 18.7 Å². The van der Waals surface area contributed by atoms with E-state index in [1.54, 1.807) is 36.2 Å². The number of amides is 2. The molecule has 4 rings (SSSR count). The number of carbonyl (C=O) groups is 2. The summed E-state index contributed by atoms with van der Waals surface area (Å²) < 4.78 is 29.6. The second kappa shape index (κ2) is 9.45. The van der Waals surface area contributed by atoms with Crippen molar-refractivity contribution in [1.29, 1.82) is 0 Å². The number of pyridine rings is 3. The molecule has 33 heavy (non-hydrogen) atoms. The fourth-order valence-electron chi connectivity index (χ4n) is 3.44. The highest BCUT2D eigenvalue weighted by Gasteiger charge is 2.34. The fourth-order valence-corrected chi connectivity index (χ4v) is 3.67. The van der Waals surface area contributed by atoms with Crippen molar-refractivity contribution < 1.29 is 23.1 Å². The van der Waals surface area contributed by atoms with Gasteiger partial charge in [-0.15, -0.1) is 0 Å². The molecule has 4 heterocycles. The zero-order chi connectivity index (χ0) is 23.5. The molecule has 2 amide bonds. The SMILES string of the molecule is CC(c1cnc(OCC(F)F)c(Cl)c1)N1Cc2c(ccnc2NC(=O)c2cccnc2)C1=O. The zero-order valence-electron chi connectivity index (χ0n) is 17.3. The molecule has 0 aliphatic carbocycles. The standard InChI is InChI=1S/C22H18ClF2N5O3/c1-12(14-7-17(23)21(28-9-14)33-11-18(24)25)30-10-16-15(22(30)32)4-6-27-19(16)29-20(31)13-3-2-5-26-8-13/h2-9,12,18H,10-11H2,1H3,(H,27,29,31). The summed E-state index contributed by atoms with van der Waals surface area (Å²) in [7, 11) is 0. The number of anilines is 1. The van der Waals surface area contributed by atoms with Gasteiger partial charge in [-0.2, -0.15) is 0 Å². The van der Waals surface area contributed by atoms with Crippen molar-refractivity contribution in [2.24, 2.45) is 0 Å². The van der Waals surface area contributed by atoms with Crippen LogP contribution >= 0.6 is 11.6 Å². The van der Waals surface area contributed by atoms with Crippen molar-refractivity contribution in [3.8, 4) is 5.88 Å². The van der Waals surface area contributed by atoms with Crippen LogP contribution in [0.5, 0.6) is 5.88 Å². The van der Waals surface area contributed by atoms with Gasteiger partial charge in [-0.05, 0) is 36.8 Å². The Morgan fingerprint density at radius 3 is 2.79 bits per heavy atom. The van der Waals surface area contributed by atoms with Gasteiger partial charge >= 0.3 is 0 Å². The van der Waals surface area contributed by atoms with Crippen molar-refractivity contribution >= 4 is 29.2 Å². The third kappa shape index (κ3) is 4.75. The molecule has 3 aromatic rings. The molecule has 0 radical (unpaired) electrons. The summed E-state index contributed by atoms with van der Waals surface area (Å²) in [5.74, 6) is -0.450. The number of fused-ring (bicyclic) bond motifs is 1. The lowest BCUT2D eigenvalue weighted by Crippen LogP contribution is -2.27. The van der Waals surface area contributed by atoms with E-state index in [2.05, 4.69) is 20.3 Å². The van der Waals surface area contributed by atoms with Crippen LogP contribution < -0.4 is 10.1 Å². The molecule has 0 fully saturated rings. The molecular weight excluding hydrogens is 456 g/mol. The van der Waals surface area contributed by atoms with E-state index in [4.69, 9.17) is 16.3 Å². The van der Waals surface area contributed by atoms with Crippen LogP contribution in [0, 0.1) is 0 Å². The summed E-state index contributed by atoms with van der Waals surface area (Å²) >= 11 is 6.13. The maximum absolute atomic E-state index is 13.1. The van der Waals surface area contributed by atoms with Crippen molar-refractivity contribution in [2.45, 2.75) is 25.9 Å². The second-order valence-corrected chi connectivity index (χ2v) is 7.66. The third-order valence-corrected chi connectivity index (χ3v) is 5.43. The van der Waals surface area contributed by atoms with Crippen molar-refractivity contribution in [2.75, 3.05) is 11.9 Å². The lowest BCUT2D eigenvalue weighted by molar-refractivity contribution is 0.0713. The van der Waals surface area contributed by atoms with Crippen LogP contribution in [0.4, 0.5) is 14.6 Å². The number of aromatic nitrogens is 3. The number of rotatable bonds is 7. The molecule has 11 heteroatoms. The largest absolute Gasteiger partial charge is 0.471 e. The molecule has 1 aliphatic rings. The van der Waals surface area contributed by atoms with Gasteiger partial charge in [0.2, 0.25) is 5.88 Å². The molecule has 0 bridgehead atoms. The predicted octanol–water partition coefficient (Wildman–Crippen LogP) is 4.14. The summed E-state index contributed by atoms with van der Waals surface area (Å²) in [6, 6.07) is 5.95. The maximum atomic E-state index is 13.1. The van der Waals surface area contributed by atoms with Crippen LogP contribution in [0.15, 0.2) is 49.1 Å². The molecule has 0 aromatic carbocycles. The first-order valence-corrected chi connectivity index (χ1v) is 10.3. The van der Waals surface area contributed by atoms with E-state index in [-0.39, 0.29) is 29.2 Å². The minimum absolute atomic E-state index is 0.0650. The van der Waals surface area contributed by atoms with E-state index >= 15 is 0 Å². The smallest absolute Gasteiger partial charge is 0.272 e. The third-order valence-electron chi connectivity index (χ3n) is 5.16. The van der Waals surface area contributed by atoms with Gasteiger partial charge in [0.25, 0.3) is 18.2 Å². The van der Waals surface area contributed by atoms with E-state index in [9.17, 15) is 18.4 Å². The number of ether oxygens (including phenoxy) is 1. The van der Waals surface area contributed by atoms with Crippen molar-refractivity contribution in [3.05, 3.63) is 76.3 Å².